The highest BCUT2D eigenvalue weighted by atomic mass is 16.8. The molecular weight excluding hydrogens is 508 g/mol. The minimum absolute atomic E-state index is 0.0151. The lowest BCUT2D eigenvalue weighted by atomic mass is 9.96. The monoisotopic (exact) mass is 538 g/mol. The van der Waals surface area contributed by atoms with Gasteiger partial charge in [-0.3, -0.25) is 24.0 Å². The molecule has 0 aromatic carbocycles. The highest BCUT2D eigenvalue weighted by molar-refractivity contribution is 5.67. The minimum atomic E-state index is -1.91. The molecule has 210 valence electrons. The predicted molar refractivity (Wildman–Crippen MR) is 112 cm³/mol. The Hall–Kier alpha value is -2.89. The maximum Gasteiger partial charge on any atom is 0.303 e. The number of hydrogen-bond acceptors (Lipinski definition) is 16. The molecule has 16 nitrogen and oxygen atoms in total. The summed E-state index contributed by atoms with van der Waals surface area (Å²) in [7, 11) is 0. The normalized spacial score (nSPS) is 35.5. The maximum absolute atomic E-state index is 11.9. The van der Waals surface area contributed by atoms with Gasteiger partial charge in [0.15, 0.2) is 43.1 Å². The molecular formula is C21H30O16. The molecule has 0 aromatic heterocycles. The van der Waals surface area contributed by atoms with Gasteiger partial charge < -0.3 is 53.2 Å². The average molecular weight is 538 g/mol. The summed E-state index contributed by atoms with van der Waals surface area (Å²) < 4.78 is 42.1. The molecule has 0 bridgehead atoms. The van der Waals surface area contributed by atoms with Crippen LogP contribution < -0.4 is 0 Å². The first-order valence-electron chi connectivity index (χ1n) is 11.1. The van der Waals surface area contributed by atoms with Gasteiger partial charge in [-0.05, 0) is 0 Å². The van der Waals surface area contributed by atoms with Gasteiger partial charge in [-0.1, -0.05) is 0 Å². The van der Waals surface area contributed by atoms with Gasteiger partial charge in [-0.15, -0.1) is 0 Å². The van der Waals surface area contributed by atoms with E-state index in [1.807, 2.05) is 0 Å². The lowest BCUT2D eigenvalue weighted by Crippen LogP contribution is -2.66. The van der Waals surface area contributed by atoms with Gasteiger partial charge in [-0.2, -0.15) is 0 Å². The largest absolute Gasteiger partial charge is 0.463 e. The van der Waals surface area contributed by atoms with E-state index in [4.69, 9.17) is 37.9 Å². The van der Waals surface area contributed by atoms with E-state index in [1.165, 1.54) is 0 Å². The summed E-state index contributed by atoms with van der Waals surface area (Å²) in [6.45, 7) is 2.87. The molecule has 2 heterocycles. The molecule has 2 rings (SSSR count). The van der Waals surface area contributed by atoms with Gasteiger partial charge in [0.05, 0.1) is 6.61 Å². The van der Waals surface area contributed by atoms with Crippen LogP contribution in [0.1, 0.15) is 27.7 Å². The van der Waals surface area contributed by atoms with Crippen molar-refractivity contribution in [1.82, 2.24) is 0 Å². The van der Waals surface area contributed by atoms with Crippen LogP contribution >= 0.6 is 0 Å². The average Bonchev–Trinajstić information content (AvgIpc) is 2.79. The lowest BCUT2D eigenvalue weighted by molar-refractivity contribution is -0.362. The summed E-state index contributed by atoms with van der Waals surface area (Å²) in [6, 6.07) is 0. The van der Waals surface area contributed by atoms with Crippen LogP contribution in [-0.4, -0.2) is 120 Å². The van der Waals surface area contributed by atoms with Crippen LogP contribution in [0, 0.1) is 0 Å². The molecule has 0 spiro atoms. The number of hydrogen-bond donors (Lipinski definition) is 3. The summed E-state index contributed by atoms with van der Waals surface area (Å²) in [5.41, 5.74) is 0. The van der Waals surface area contributed by atoms with Gasteiger partial charge in [0.25, 0.3) is 6.47 Å². The Morgan fingerprint density at radius 1 is 0.757 bits per heavy atom. The molecule has 0 amide bonds. The number of esters is 4. The van der Waals surface area contributed by atoms with E-state index in [0.717, 1.165) is 27.7 Å². The second-order valence-electron chi connectivity index (χ2n) is 8.10. The van der Waals surface area contributed by atoms with Crippen LogP contribution in [0.25, 0.3) is 0 Å². The molecule has 0 aromatic rings. The van der Waals surface area contributed by atoms with Crippen molar-refractivity contribution in [2.75, 3.05) is 13.2 Å². The first-order chi connectivity index (χ1) is 17.4. The third-order valence-corrected chi connectivity index (χ3v) is 5.27. The number of aliphatic hydroxyl groups excluding tert-OH is 3. The van der Waals surface area contributed by atoms with E-state index in [9.17, 15) is 39.3 Å². The molecule has 2 aliphatic heterocycles. The second kappa shape index (κ2) is 13.6. The Morgan fingerprint density at radius 2 is 1.32 bits per heavy atom. The quantitative estimate of drug-likeness (QED) is 0.144. The first-order valence-corrected chi connectivity index (χ1v) is 11.1. The molecule has 0 saturated carbocycles. The van der Waals surface area contributed by atoms with Crippen molar-refractivity contribution in [3.63, 3.8) is 0 Å². The minimum Gasteiger partial charge on any atom is -0.463 e. The number of carbonyl (C=O) groups excluding carboxylic acids is 5. The third kappa shape index (κ3) is 8.05. The molecule has 0 unspecified atom stereocenters. The van der Waals surface area contributed by atoms with Crippen LogP contribution in [0.5, 0.6) is 0 Å². The summed E-state index contributed by atoms with van der Waals surface area (Å²) in [6.07, 6.45) is -16.0. The van der Waals surface area contributed by atoms with E-state index in [0.29, 0.717) is 0 Å². The summed E-state index contributed by atoms with van der Waals surface area (Å²) in [4.78, 5) is 58.0. The van der Waals surface area contributed by atoms with Crippen molar-refractivity contribution in [3.05, 3.63) is 0 Å². The first kappa shape index (κ1) is 30.3. The molecule has 2 aliphatic rings. The van der Waals surface area contributed by atoms with Gasteiger partial charge in [0.1, 0.15) is 24.9 Å². The van der Waals surface area contributed by atoms with Gasteiger partial charge >= 0.3 is 23.9 Å². The van der Waals surface area contributed by atoms with Crippen molar-refractivity contribution >= 4 is 30.3 Å². The molecule has 2 saturated heterocycles. The van der Waals surface area contributed by atoms with Crippen molar-refractivity contribution in [3.8, 4) is 0 Å². The standard InChI is InChI=1S/C21H30O16/c1-8(24)30-6-13-15(32-9(2)25)17(31-7-23)19(34-11(4)27)21(36-13)37-18-16(33-10(3)26)14(28)12(5-22)35-20(18)29/h7,12-22,28-29H,5-6H2,1-4H3/t12-,13+,14+,15+,16-,17-,18-,19-,20-,21+/m0/s1. The number of aliphatic hydroxyl groups is 3. The second-order valence-corrected chi connectivity index (χ2v) is 8.10. The van der Waals surface area contributed by atoms with Gasteiger partial charge in [0, 0.05) is 27.7 Å². The summed E-state index contributed by atoms with van der Waals surface area (Å²) >= 11 is 0. The predicted octanol–water partition coefficient (Wildman–Crippen LogP) is -2.93. The number of ether oxygens (including phenoxy) is 8. The van der Waals surface area contributed by atoms with Crippen molar-refractivity contribution < 1.29 is 77.2 Å². The fourth-order valence-electron chi connectivity index (χ4n) is 3.88. The smallest absolute Gasteiger partial charge is 0.303 e. The van der Waals surface area contributed by atoms with E-state index in [1.54, 1.807) is 0 Å². The molecule has 16 heteroatoms. The fourth-order valence-corrected chi connectivity index (χ4v) is 3.88. The van der Waals surface area contributed by atoms with Gasteiger partial charge in [0.2, 0.25) is 0 Å². The third-order valence-electron chi connectivity index (χ3n) is 5.27. The lowest BCUT2D eigenvalue weighted by Gasteiger charge is -2.47. The van der Waals surface area contributed by atoms with E-state index in [-0.39, 0.29) is 6.47 Å². The zero-order valence-electron chi connectivity index (χ0n) is 20.4. The Balaban J connectivity index is 2.47. The van der Waals surface area contributed by atoms with Crippen LogP contribution in [-0.2, 0) is 61.9 Å². The van der Waals surface area contributed by atoms with Crippen LogP contribution in [0.15, 0.2) is 0 Å². The molecule has 0 aliphatic carbocycles. The Bertz CT molecular complexity index is 831. The van der Waals surface area contributed by atoms with E-state index < -0.39 is 98.5 Å². The number of rotatable bonds is 10. The van der Waals surface area contributed by atoms with Crippen molar-refractivity contribution in [2.45, 2.75) is 89.1 Å². The van der Waals surface area contributed by atoms with E-state index >= 15 is 0 Å². The topological polar surface area (TPSA) is 220 Å². The molecule has 37 heavy (non-hydrogen) atoms. The number of carbonyl (C=O) groups is 5. The zero-order chi connectivity index (χ0) is 27.9. The maximum atomic E-state index is 11.9. The van der Waals surface area contributed by atoms with Crippen molar-refractivity contribution in [1.29, 1.82) is 0 Å². The molecule has 2 fully saturated rings. The summed E-state index contributed by atoms with van der Waals surface area (Å²) in [5, 5.41) is 30.4. The highest BCUT2D eigenvalue weighted by Gasteiger charge is 2.55. The Labute approximate surface area is 210 Å². The highest BCUT2D eigenvalue weighted by Crippen LogP contribution is 2.33. The Morgan fingerprint density at radius 3 is 1.84 bits per heavy atom. The van der Waals surface area contributed by atoms with E-state index in [2.05, 4.69) is 0 Å². The van der Waals surface area contributed by atoms with Crippen LogP contribution in [0.2, 0.25) is 0 Å². The van der Waals surface area contributed by atoms with Crippen LogP contribution in [0.3, 0.4) is 0 Å². The van der Waals surface area contributed by atoms with Crippen LogP contribution in [0.4, 0.5) is 0 Å². The summed E-state index contributed by atoms with van der Waals surface area (Å²) in [5.74, 6) is -3.36. The Kier molecular flexibility index (Phi) is 11.1. The zero-order valence-corrected chi connectivity index (χ0v) is 20.4. The molecule has 3 N–H and O–H groups in total. The SMILES string of the molecule is CC(=O)OC[C@H]1O[C@H](O[C@H]2[C@@H](OC(C)=O)[C@H](O)[C@H](CO)O[C@@H]2O)[C@@H](OC(C)=O)[C@@H](OC=O)[C@@H]1OC(C)=O. The molecule has 10 atom stereocenters. The van der Waals surface area contributed by atoms with Gasteiger partial charge in [-0.25, -0.2) is 0 Å². The fraction of sp³-hybridized carbons (Fsp3) is 0.762. The molecule has 0 radical (unpaired) electrons. The van der Waals surface area contributed by atoms with Crippen molar-refractivity contribution in [2.24, 2.45) is 0 Å².